The third-order valence-electron chi connectivity index (χ3n) is 6.28. The molecule has 2 aromatic heterocycles. The van der Waals surface area contributed by atoms with Crippen LogP contribution in [0.5, 0.6) is 5.75 Å². The Bertz CT molecular complexity index is 1220. The summed E-state index contributed by atoms with van der Waals surface area (Å²) in [5, 5.41) is 27.8. The minimum absolute atomic E-state index is 0.0183. The van der Waals surface area contributed by atoms with Crippen LogP contribution in [-0.2, 0) is 17.9 Å². The van der Waals surface area contributed by atoms with Crippen molar-refractivity contribution in [3.05, 3.63) is 53.3 Å². The number of ether oxygens (including phenoxy) is 1. The fourth-order valence-electron chi connectivity index (χ4n) is 4.54. The maximum Gasteiger partial charge on any atom is 0.270 e. The number of rotatable bonds is 10. The fourth-order valence-corrected chi connectivity index (χ4v) is 4.54. The molecular weight excluding hydrogens is 474 g/mol. The molecule has 0 bridgehead atoms. The summed E-state index contributed by atoms with van der Waals surface area (Å²) < 4.78 is 5.42. The van der Waals surface area contributed by atoms with Gasteiger partial charge in [-0.2, -0.15) is 4.80 Å². The standard InChI is InChI=1S/C26H33N7O4/c1-17-12-21(25-30-32-33(31-25)16-19-6-8-22(9-7-19)29-18(2)35)14-24(28-17)26(36)27-15-20-4-3-5-23(13-20)37-11-10-34/h3-5,12-14,19,22,34H,6-11,15-16H2,1-2H3,(H,27,36)(H,29,35)/t19-,22-. The number of pyridine rings is 1. The molecule has 2 heterocycles. The van der Waals surface area contributed by atoms with Crippen LogP contribution in [-0.4, -0.2) is 61.4 Å². The number of benzene rings is 1. The molecule has 1 fully saturated rings. The number of aliphatic hydroxyl groups is 1. The van der Waals surface area contributed by atoms with E-state index in [0.717, 1.165) is 31.2 Å². The van der Waals surface area contributed by atoms with Gasteiger partial charge in [-0.15, -0.1) is 10.2 Å². The summed E-state index contributed by atoms with van der Waals surface area (Å²) in [7, 11) is 0. The average molecular weight is 508 g/mol. The maximum atomic E-state index is 12.8. The Labute approximate surface area is 215 Å². The number of nitrogens with zero attached hydrogens (tertiary/aromatic N) is 5. The number of nitrogens with one attached hydrogen (secondary N) is 2. The van der Waals surface area contributed by atoms with E-state index in [4.69, 9.17) is 9.84 Å². The van der Waals surface area contributed by atoms with Gasteiger partial charge in [0.1, 0.15) is 18.1 Å². The summed E-state index contributed by atoms with van der Waals surface area (Å²) in [5.41, 5.74) is 2.50. The van der Waals surface area contributed by atoms with Gasteiger partial charge in [-0.1, -0.05) is 12.1 Å². The van der Waals surface area contributed by atoms with Crippen LogP contribution in [0.1, 0.15) is 54.4 Å². The summed E-state index contributed by atoms with van der Waals surface area (Å²) >= 11 is 0. The number of aliphatic hydroxyl groups excluding tert-OH is 1. The van der Waals surface area contributed by atoms with Gasteiger partial charge < -0.3 is 20.5 Å². The van der Waals surface area contributed by atoms with E-state index in [1.807, 2.05) is 31.2 Å². The van der Waals surface area contributed by atoms with Gasteiger partial charge in [0.05, 0.1) is 13.2 Å². The Morgan fingerprint density at radius 2 is 1.97 bits per heavy atom. The molecular formula is C26H33N7O4. The van der Waals surface area contributed by atoms with E-state index < -0.39 is 0 Å². The number of hydrogen-bond acceptors (Lipinski definition) is 8. The second-order valence-electron chi connectivity index (χ2n) is 9.37. The van der Waals surface area contributed by atoms with Crippen LogP contribution in [0.25, 0.3) is 11.4 Å². The third kappa shape index (κ3) is 7.56. The lowest BCUT2D eigenvalue weighted by atomic mass is 9.86. The van der Waals surface area contributed by atoms with Gasteiger partial charge in [0.2, 0.25) is 11.7 Å². The minimum Gasteiger partial charge on any atom is -0.491 e. The van der Waals surface area contributed by atoms with E-state index in [0.29, 0.717) is 41.8 Å². The SMILES string of the molecule is CC(=O)N[C@H]1CC[C@H](Cn2nnc(-c3cc(C)nc(C(=O)NCc4cccc(OCCO)c4)c3)n2)CC1. The van der Waals surface area contributed by atoms with Crippen LogP contribution in [0.15, 0.2) is 36.4 Å². The van der Waals surface area contributed by atoms with Crippen molar-refractivity contribution in [1.82, 2.24) is 35.8 Å². The molecule has 3 N–H and O–H groups in total. The quantitative estimate of drug-likeness (QED) is 0.378. The highest BCUT2D eigenvalue weighted by molar-refractivity contribution is 5.93. The normalized spacial score (nSPS) is 17.3. The Hall–Kier alpha value is -3.86. The number of carbonyl (C=O) groups excluding carboxylic acids is 2. The van der Waals surface area contributed by atoms with Gasteiger partial charge in [-0.3, -0.25) is 9.59 Å². The number of aryl methyl sites for hydroxylation is 1. The average Bonchev–Trinajstić information content (AvgIpc) is 3.35. The highest BCUT2D eigenvalue weighted by Crippen LogP contribution is 2.26. The molecule has 1 aliphatic carbocycles. The van der Waals surface area contributed by atoms with Crippen molar-refractivity contribution in [3.63, 3.8) is 0 Å². The van der Waals surface area contributed by atoms with Crippen molar-refractivity contribution in [3.8, 4) is 17.1 Å². The number of tetrazole rings is 1. The summed E-state index contributed by atoms with van der Waals surface area (Å²) in [5.74, 6) is 1.21. The zero-order valence-electron chi connectivity index (χ0n) is 21.2. The molecule has 2 amide bonds. The van der Waals surface area contributed by atoms with Crippen LogP contribution < -0.4 is 15.4 Å². The molecule has 11 nitrogen and oxygen atoms in total. The summed E-state index contributed by atoms with van der Waals surface area (Å²) in [6, 6.07) is 11.1. The first-order valence-electron chi connectivity index (χ1n) is 12.5. The molecule has 0 atom stereocenters. The molecule has 1 aliphatic rings. The van der Waals surface area contributed by atoms with Crippen molar-refractivity contribution in [2.45, 2.75) is 58.7 Å². The second kappa shape index (κ2) is 12.4. The van der Waals surface area contributed by atoms with E-state index in [9.17, 15) is 9.59 Å². The lowest BCUT2D eigenvalue weighted by Crippen LogP contribution is -2.36. The molecule has 37 heavy (non-hydrogen) atoms. The maximum absolute atomic E-state index is 12.8. The first-order chi connectivity index (χ1) is 17.9. The zero-order valence-corrected chi connectivity index (χ0v) is 21.2. The number of amides is 2. The Morgan fingerprint density at radius 3 is 2.73 bits per heavy atom. The lowest BCUT2D eigenvalue weighted by Gasteiger charge is -2.28. The van der Waals surface area contributed by atoms with E-state index in [1.165, 1.54) is 0 Å². The van der Waals surface area contributed by atoms with Crippen molar-refractivity contribution >= 4 is 11.8 Å². The number of hydrogen-bond donors (Lipinski definition) is 3. The highest BCUT2D eigenvalue weighted by atomic mass is 16.5. The van der Waals surface area contributed by atoms with Gasteiger partial charge in [0, 0.05) is 30.8 Å². The van der Waals surface area contributed by atoms with Crippen LogP contribution in [0.4, 0.5) is 0 Å². The van der Waals surface area contributed by atoms with Crippen LogP contribution in [0.2, 0.25) is 0 Å². The summed E-state index contributed by atoms with van der Waals surface area (Å²) in [6.45, 7) is 4.49. The summed E-state index contributed by atoms with van der Waals surface area (Å²) in [4.78, 5) is 30.1. The fraction of sp³-hybridized carbons (Fsp3) is 0.462. The first kappa shape index (κ1) is 26.2. The number of aromatic nitrogens is 5. The minimum atomic E-state index is -0.310. The highest BCUT2D eigenvalue weighted by Gasteiger charge is 2.23. The van der Waals surface area contributed by atoms with Gasteiger partial charge >= 0.3 is 0 Å². The molecule has 4 rings (SSSR count). The third-order valence-corrected chi connectivity index (χ3v) is 6.28. The Morgan fingerprint density at radius 1 is 1.16 bits per heavy atom. The monoisotopic (exact) mass is 507 g/mol. The molecule has 1 aromatic carbocycles. The van der Waals surface area contributed by atoms with Gasteiger partial charge in [-0.05, 0) is 73.6 Å². The predicted molar refractivity (Wildman–Crippen MR) is 136 cm³/mol. The van der Waals surface area contributed by atoms with E-state index in [-0.39, 0.29) is 36.8 Å². The Kier molecular flexibility index (Phi) is 8.78. The Balaban J connectivity index is 1.36. The van der Waals surface area contributed by atoms with Crippen LogP contribution >= 0.6 is 0 Å². The van der Waals surface area contributed by atoms with Crippen LogP contribution in [0, 0.1) is 12.8 Å². The zero-order chi connectivity index (χ0) is 26.2. The van der Waals surface area contributed by atoms with Crippen molar-refractivity contribution in [2.75, 3.05) is 13.2 Å². The lowest BCUT2D eigenvalue weighted by molar-refractivity contribution is -0.119. The molecule has 0 aliphatic heterocycles. The topological polar surface area (TPSA) is 144 Å². The van der Waals surface area contributed by atoms with Crippen LogP contribution in [0.3, 0.4) is 0 Å². The largest absolute Gasteiger partial charge is 0.491 e. The van der Waals surface area contributed by atoms with E-state index in [1.54, 1.807) is 23.9 Å². The molecule has 1 saturated carbocycles. The van der Waals surface area contributed by atoms with Crippen molar-refractivity contribution < 1.29 is 19.4 Å². The molecule has 0 saturated heterocycles. The molecule has 0 spiro atoms. The molecule has 3 aromatic rings. The summed E-state index contributed by atoms with van der Waals surface area (Å²) in [6.07, 6.45) is 3.90. The first-order valence-corrected chi connectivity index (χ1v) is 12.5. The number of carbonyl (C=O) groups is 2. The van der Waals surface area contributed by atoms with Crippen molar-refractivity contribution in [2.24, 2.45) is 5.92 Å². The molecule has 196 valence electrons. The van der Waals surface area contributed by atoms with Gasteiger partial charge in [0.25, 0.3) is 5.91 Å². The molecule has 0 unspecified atom stereocenters. The second-order valence-corrected chi connectivity index (χ2v) is 9.37. The predicted octanol–water partition coefficient (Wildman–Crippen LogP) is 2.04. The molecule has 0 radical (unpaired) electrons. The van der Waals surface area contributed by atoms with E-state index >= 15 is 0 Å². The van der Waals surface area contributed by atoms with Gasteiger partial charge in [-0.25, -0.2) is 4.98 Å². The van der Waals surface area contributed by atoms with E-state index in [2.05, 4.69) is 31.0 Å². The van der Waals surface area contributed by atoms with Gasteiger partial charge in [0.15, 0.2) is 0 Å². The molecule has 11 heteroatoms. The smallest absolute Gasteiger partial charge is 0.270 e. The van der Waals surface area contributed by atoms with Crippen molar-refractivity contribution in [1.29, 1.82) is 0 Å².